The molecule has 0 amide bonds. The standard InChI is InChI=1S/C18H23BrN4O3/c1-10-12-8-20-18(21-13-6-7-26-9-14(13)24)22-16(12)23(17(25)15(10)19)11-4-2-3-5-11/h8,11,13-14,24H,2-7,9H2,1H3,(H,20,21,22)/t13-,14-/m1/s1. The third-order valence-corrected chi connectivity index (χ3v) is 6.40. The number of aromatic nitrogens is 3. The minimum Gasteiger partial charge on any atom is -0.389 e. The van der Waals surface area contributed by atoms with E-state index in [2.05, 4.69) is 31.2 Å². The van der Waals surface area contributed by atoms with Crippen LogP contribution in [-0.4, -0.2) is 45.0 Å². The number of ether oxygens (including phenoxy) is 1. The molecule has 8 heteroatoms. The van der Waals surface area contributed by atoms with Crippen LogP contribution in [0, 0.1) is 6.92 Å². The zero-order valence-corrected chi connectivity index (χ0v) is 16.3. The van der Waals surface area contributed by atoms with Gasteiger partial charge in [0.05, 0.1) is 23.2 Å². The van der Waals surface area contributed by atoms with E-state index in [9.17, 15) is 9.90 Å². The van der Waals surface area contributed by atoms with E-state index in [0.717, 1.165) is 36.6 Å². The first-order valence-electron chi connectivity index (χ1n) is 9.16. The average molecular weight is 423 g/mol. The zero-order chi connectivity index (χ0) is 18.3. The van der Waals surface area contributed by atoms with Gasteiger partial charge in [-0.3, -0.25) is 9.36 Å². The number of fused-ring (bicyclic) bond motifs is 1. The molecule has 1 aliphatic carbocycles. The topological polar surface area (TPSA) is 89.3 Å². The molecule has 2 fully saturated rings. The molecule has 2 N–H and O–H groups in total. The van der Waals surface area contributed by atoms with Crippen molar-refractivity contribution >= 4 is 32.9 Å². The Balaban J connectivity index is 1.79. The summed E-state index contributed by atoms with van der Waals surface area (Å²) in [6.45, 7) is 2.82. The highest BCUT2D eigenvalue weighted by molar-refractivity contribution is 9.10. The normalized spacial score (nSPS) is 24.3. The third kappa shape index (κ3) is 3.14. The Hall–Kier alpha value is -1.51. The SMILES string of the molecule is Cc1c(Br)c(=O)n(C2CCCC2)c2nc(N[C@@H]3CCOC[C@H]3O)ncc12. The van der Waals surface area contributed by atoms with Gasteiger partial charge in [-0.2, -0.15) is 4.98 Å². The van der Waals surface area contributed by atoms with Crippen LogP contribution in [0.3, 0.4) is 0 Å². The van der Waals surface area contributed by atoms with Gasteiger partial charge in [-0.15, -0.1) is 0 Å². The maximum absolute atomic E-state index is 12.9. The second-order valence-electron chi connectivity index (χ2n) is 7.17. The molecule has 7 nitrogen and oxygen atoms in total. The van der Waals surface area contributed by atoms with Gasteiger partial charge in [0.15, 0.2) is 0 Å². The van der Waals surface area contributed by atoms with E-state index in [-0.39, 0.29) is 17.6 Å². The van der Waals surface area contributed by atoms with Crippen molar-refractivity contribution in [3.63, 3.8) is 0 Å². The number of hydrogen-bond acceptors (Lipinski definition) is 6. The number of aryl methyl sites for hydroxylation is 1. The highest BCUT2D eigenvalue weighted by Crippen LogP contribution is 2.32. The van der Waals surface area contributed by atoms with Crippen molar-refractivity contribution in [2.45, 2.75) is 57.2 Å². The summed E-state index contributed by atoms with van der Waals surface area (Å²) in [5.74, 6) is 0.441. The smallest absolute Gasteiger partial charge is 0.267 e. The zero-order valence-electron chi connectivity index (χ0n) is 14.7. The van der Waals surface area contributed by atoms with Crippen LogP contribution in [0.5, 0.6) is 0 Å². The fraction of sp³-hybridized carbons (Fsp3) is 0.611. The fourth-order valence-corrected chi connectivity index (χ4v) is 4.33. The van der Waals surface area contributed by atoms with Crippen molar-refractivity contribution in [1.29, 1.82) is 0 Å². The predicted molar refractivity (Wildman–Crippen MR) is 103 cm³/mol. The van der Waals surface area contributed by atoms with Gasteiger partial charge in [0, 0.05) is 24.2 Å². The largest absolute Gasteiger partial charge is 0.389 e. The van der Waals surface area contributed by atoms with E-state index >= 15 is 0 Å². The number of nitrogens with one attached hydrogen (secondary N) is 1. The number of hydrogen-bond donors (Lipinski definition) is 2. The van der Waals surface area contributed by atoms with Crippen LogP contribution >= 0.6 is 15.9 Å². The highest BCUT2D eigenvalue weighted by Gasteiger charge is 2.26. The van der Waals surface area contributed by atoms with E-state index in [4.69, 9.17) is 4.74 Å². The highest BCUT2D eigenvalue weighted by atomic mass is 79.9. The molecular formula is C18H23BrN4O3. The van der Waals surface area contributed by atoms with Gasteiger partial charge in [0.1, 0.15) is 5.65 Å². The van der Waals surface area contributed by atoms with Crippen LogP contribution in [0.4, 0.5) is 5.95 Å². The molecule has 26 heavy (non-hydrogen) atoms. The van der Waals surface area contributed by atoms with Crippen LogP contribution in [0.2, 0.25) is 0 Å². The summed E-state index contributed by atoms with van der Waals surface area (Å²) in [5, 5.41) is 14.2. The van der Waals surface area contributed by atoms with Crippen molar-refractivity contribution in [3.8, 4) is 0 Å². The second-order valence-corrected chi connectivity index (χ2v) is 7.96. The molecular weight excluding hydrogens is 400 g/mol. The molecule has 140 valence electrons. The Bertz CT molecular complexity index is 879. The van der Waals surface area contributed by atoms with E-state index in [1.807, 2.05) is 11.5 Å². The van der Waals surface area contributed by atoms with Gasteiger partial charge in [0.2, 0.25) is 5.95 Å². The third-order valence-electron chi connectivity index (χ3n) is 5.47. The molecule has 4 rings (SSSR count). The lowest BCUT2D eigenvalue weighted by Crippen LogP contribution is -2.42. The monoisotopic (exact) mass is 422 g/mol. The number of pyridine rings is 1. The summed E-state index contributed by atoms with van der Waals surface area (Å²) in [6.07, 6.45) is 6.13. The molecule has 0 unspecified atom stereocenters. The Kier molecular flexibility index (Phi) is 4.98. The van der Waals surface area contributed by atoms with Crippen molar-refractivity contribution in [2.75, 3.05) is 18.5 Å². The maximum Gasteiger partial charge on any atom is 0.267 e. The quantitative estimate of drug-likeness (QED) is 0.789. The van der Waals surface area contributed by atoms with Gasteiger partial charge < -0.3 is 15.2 Å². The molecule has 1 aliphatic heterocycles. The summed E-state index contributed by atoms with van der Waals surface area (Å²) >= 11 is 3.45. The minimum absolute atomic E-state index is 0.0300. The number of aliphatic hydroxyl groups is 1. The molecule has 0 bridgehead atoms. The van der Waals surface area contributed by atoms with Crippen molar-refractivity contribution in [1.82, 2.24) is 14.5 Å². The van der Waals surface area contributed by atoms with Crippen LogP contribution in [0.25, 0.3) is 11.0 Å². The van der Waals surface area contributed by atoms with Gasteiger partial charge in [-0.05, 0) is 47.7 Å². The molecule has 2 aromatic heterocycles. The van der Waals surface area contributed by atoms with Crippen molar-refractivity contribution < 1.29 is 9.84 Å². The van der Waals surface area contributed by atoms with Gasteiger partial charge in [-0.25, -0.2) is 4.98 Å². The Morgan fingerprint density at radius 2 is 2.12 bits per heavy atom. The van der Waals surface area contributed by atoms with Gasteiger partial charge >= 0.3 is 0 Å². The number of nitrogens with zero attached hydrogens (tertiary/aromatic N) is 3. The van der Waals surface area contributed by atoms with Gasteiger partial charge in [0.25, 0.3) is 5.56 Å². The summed E-state index contributed by atoms with van der Waals surface area (Å²) in [7, 11) is 0. The van der Waals surface area contributed by atoms with E-state index in [1.54, 1.807) is 6.20 Å². The van der Waals surface area contributed by atoms with Crippen molar-refractivity contribution in [3.05, 3.63) is 26.6 Å². The van der Waals surface area contributed by atoms with Crippen LogP contribution in [0.15, 0.2) is 15.5 Å². The van der Waals surface area contributed by atoms with E-state index < -0.39 is 6.10 Å². The molecule has 0 radical (unpaired) electrons. The molecule has 1 saturated heterocycles. The molecule has 2 atom stereocenters. The van der Waals surface area contributed by atoms with E-state index in [0.29, 0.717) is 35.7 Å². The molecule has 2 aliphatic rings. The van der Waals surface area contributed by atoms with Crippen LogP contribution < -0.4 is 10.9 Å². The lowest BCUT2D eigenvalue weighted by Gasteiger charge is -2.28. The first-order chi connectivity index (χ1) is 12.6. The number of rotatable bonds is 3. The lowest BCUT2D eigenvalue weighted by molar-refractivity contribution is -0.0136. The molecule has 3 heterocycles. The van der Waals surface area contributed by atoms with E-state index in [1.165, 1.54) is 0 Å². The lowest BCUT2D eigenvalue weighted by atomic mass is 10.1. The second kappa shape index (κ2) is 7.25. The summed E-state index contributed by atoms with van der Waals surface area (Å²) in [5.41, 5.74) is 1.50. The number of aliphatic hydroxyl groups excluding tert-OH is 1. The maximum atomic E-state index is 12.9. The van der Waals surface area contributed by atoms with Gasteiger partial charge in [-0.1, -0.05) is 12.8 Å². The molecule has 0 spiro atoms. The Labute approximate surface area is 159 Å². The van der Waals surface area contributed by atoms with Crippen LogP contribution in [0.1, 0.15) is 43.7 Å². The summed E-state index contributed by atoms with van der Waals surface area (Å²) in [4.78, 5) is 22.0. The fourth-order valence-electron chi connectivity index (χ4n) is 3.93. The molecule has 2 aromatic rings. The summed E-state index contributed by atoms with van der Waals surface area (Å²) < 4.78 is 7.68. The van der Waals surface area contributed by atoms with Crippen molar-refractivity contribution in [2.24, 2.45) is 0 Å². The molecule has 1 saturated carbocycles. The predicted octanol–water partition coefficient (Wildman–Crippen LogP) is 2.54. The average Bonchev–Trinajstić information content (AvgIpc) is 3.16. The molecule has 0 aromatic carbocycles. The minimum atomic E-state index is -0.591. The summed E-state index contributed by atoms with van der Waals surface area (Å²) in [6, 6.07) is 0.0303. The number of anilines is 1. The first-order valence-corrected chi connectivity index (χ1v) is 9.95. The Morgan fingerprint density at radius 1 is 1.35 bits per heavy atom. The Morgan fingerprint density at radius 3 is 2.85 bits per heavy atom. The number of halogens is 1. The van der Waals surface area contributed by atoms with Crippen LogP contribution in [-0.2, 0) is 4.74 Å². The first kappa shape index (κ1) is 17.9.